The molecule has 1 nitrogen and oxygen atoms in total. The van der Waals surface area contributed by atoms with Crippen LogP contribution in [0.5, 0.6) is 5.75 Å². The summed E-state index contributed by atoms with van der Waals surface area (Å²) in [5.74, 6) is -1.51. The first-order valence-corrected chi connectivity index (χ1v) is 10.5. The highest BCUT2D eigenvalue weighted by molar-refractivity contribution is 5.66. The Morgan fingerprint density at radius 2 is 1.28 bits per heavy atom. The van der Waals surface area contributed by atoms with Crippen LogP contribution in [0.1, 0.15) is 23.6 Å². The van der Waals surface area contributed by atoms with Crippen molar-refractivity contribution in [2.75, 3.05) is 0 Å². The third kappa shape index (κ3) is 4.54. The predicted octanol–water partition coefficient (Wildman–Crippen LogP) is 7.89. The first-order valence-electron chi connectivity index (χ1n) is 10.5. The van der Waals surface area contributed by atoms with Gasteiger partial charge in [-0.15, -0.1) is 0 Å². The first-order chi connectivity index (χ1) is 15.5. The molecular weight excluding hydrogens is 409 g/mol. The summed E-state index contributed by atoms with van der Waals surface area (Å²) in [5, 5.41) is 0. The average Bonchev–Trinajstić information content (AvgIpc) is 2.81. The van der Waals surface area contributed by atoms with Crippen molar-refractivity contribution in [1.29, 1.82) is 0 Å². The van der Waals surface area contributed by atoms with Gasteiger partial charge < -0.3 is 4.74 Å². The molecule has 32 heavy (non-hydrogen) atoms. The molecular formula is C28H23F3O. The maximum absolute atomic E-state index is 14.6. The standard InChI is InChI=1S/C28H23F3O/c1-3-19-8-9-22(16-26(19)29)20-10-13-24(14-11-20)32-17-23-12-15-25(28(31)27(23)30)21-6-4-18(2)5-7-21/h4-16H,3,17H2,1-2H3. The molecule has 0 aliphatic carbocycles. The van der Waals surface area contributed by atoms with Crippen LogP contribution in [0.25, 0.3) is 22.3 Å². The normalized spacial score (nSPS) is 10.9. The minimum absolute atomic E-state index is 0.101. The van der Waals surface area contributed by atoms with Crippen LogP contribution >= 0.6 is 0 Å². The second-order valence-corrected chi connectivity index (χ2v) is 7.74. The van der Waals surface area contributed by atoms with Crippen molar-refractivity contribution < 1.29 is 17.9 Å². The lowest BCUT2D eigenvalue weighted by Gasteiger charge is -2.11. The summed E-state index contributed by atoms with van der Waals surface area (Å²) in [5.41, 5.74) is 4.32. The molecule has 0 atom stereocenters. The van der Waals surface area contributed by atoms with Crippen LogP contribution in [0.4, 0.5) is 13.2 Å². The monoisotopic (exact) mass is 432 g/mol. The van der Waals surface area contributed by atoms with Gasteiger partial charge in [0.1, 0.15) is 18.2 Å². The third-order valence-corrected chi connectivity index (χ3v) is 5.54. The summed E-state index contributed by atoms with van der Waals surface area (Å²) in [4.78, 5) is 0. The molecule has 0 N–H and O–H groups in total. The molecule has 4 aromatic rings. The van der Waals surface area contributed by atoms with E-state index >= 15 is 0 Å². The zero-order valence-corrected chi connectivity index (χ0v) is 18.0. The van der Waals surface area contributed by atoms with E-state index < -0.39 is 11.6 Å². The van der Waals surface area contributed by atoms with E-state index in [2.05, 4.69) is 0 Å². The maximum atomic E-state index is 14.6. The Bertz CT molecular complexity index is 1230. The lowest BCUT2D eigenvalue weighted by atomic mass is 10.0. The molecule has 0 aliphatic rings. The molecule has 0 heterocycles. The molecule has 4 heteroatoms. The van der Waals surface area contributed by atoms with Crippen molar-refractivity contribution in [2.45, 2.75) is 26.9 Å². The van der Waals surface area contributed by atoms with Crippen LogP contribution in [0.2, 0.25) is 0 Å². The van der Waals surface area contributed by atoms with E-state index in [0.717, 1.165) is 16.7 Å². The molecule has 0 saturated heterocycles. The van der Waals surface area contributed by atoms with Gasteiger partial charge in [0.25, 0.3) is 0 Å². The summed E-state index contributed by atoms with van der Waals surface area (Å²) in [7, 11) is 0. The fourth-order valence-corrected chi connectivity index (χ4v) is 3.58. The summed E-state index contributed by atoms with van der Waals surface area (Å²) < 4.78 is 49.0. The number of benzene rings is 4. The van der Waals surface area contributed by atoms with Crippen LogP contribution in [0.3, 0.4) is 0 Å². The number of aryl methyl sites for hydroxylation is 2. The molecule has 0 aromatic heterocycles. The minimum atomic E-state index is -0.911. The van der Waals surface area contributed by atoms with Gasteiger partial charge in [0, 0.05) is 11.1 Å². The van der Waals surface area contributed by atoms with E-state index in [-0.39, 0.29) is 23.6 Å². The van der Waals surface area contributed by atoms with Crippen molar-refractivity contribution in [2.24, 2.45) is 0 Å². The van der Waals surface area contributed by atoms with Gasteiger partial charge in [-0.05, 0) is 53.8 Å². The van der Waals surface area contributed by atoms with Gasteiger partial charge in [-0.2, -0.15) is 0 Å². The van der Waals surface area contributed by atoms with Gasteiger partial charge in [-0.1, -0.05) is 73.2 Å². The molecule has 0 unspecified atom stereocenters. The zero-order valence-electron chi connectivity index (χ0n) is 18.0. The summed E-state index contributed by atoms with van der Waals surface area (Å²) in [6.45, 7) is 3.75. The fourth-order valence-electron chi connectivity index (χ4n) is 3.58. The summed E-state index contributed by atoms with van der Waals surface area (Å²) in [6.07, 6.45) is 0.641. The highest BCUT2D eigenvalue weighted by atomic mass is 19.2. The SMILES string of the molecule is CCc1ccc(-c2ccc(OCc3ccc(-c4ccc(C)cc4)c(F)c3F)cc2)cc1F. The number of ether oxygens (including phenoxy) is 1. The van der Waals surface area contributed by atoms with Crippen LogP contribution < -0.4 is 4.74 Å². The smallest absolute Gasteiger partial charge is 0.167 e. The van der Waals surface area contributed by atoms with Crippen molar-refractivity contribution in [3.63, 3.8) is 0 Å². The molecule has 0 spiro atoms. The molecule has 0 radical (unpaired) electrons. The molecule has 0 amide bonds. The van der Waals surface area contributed by atoms with E-state index in [4.69, 9.17) is 4.74 Å². The Kier molecular flexibility index (Phi) is 6.31. The molecule has 0 saturated carbocycles. The van der Waals surface area contributed by atoms with Crippen molar-refractivity contribution in [1.82, 2.24) is 0 Å². The van der Waals surface area contributed by atoms with Crippen molar-refractivity contribution >= 4 is 0 Å². The quantitative estimate of drug-likeness (QED) is 0.301. The largest absolute Gasteiger partial charge is 0.489 e. The van der Waals surface area contributed by atoms with Crippen LogP contribution in [-0.4, -0.2) is 0 Å². The van der Waals surface area contributed by atoms with Gasteiger partial charge in [-0.3, -0.25) is 0 Å². The predicted molar refractivity (Wildman–Crippen MR) is 122 cm³/mol. The second kappa shape index (κ2) is 9.31. The highest BCUT2D eigenvalue weighted by Crippen LogP contribution is 2.28. The molecule has 0 fully saturated rings. The van der Waals surface area contributed by atoms with Gasteiger partial charge in [-0.25, -0.2) is 13.2 Å². The first kappa shape index (κ1) is 21.7. The molecule has 4 aromatic carbocycles. The van der Waals surface area contributed by atoms with Gasteiger partial charge in [0.05, 0.1) is 0 Å². The Labute approximate surface area is 186 Å². The number of hydrogen-bond acceptors (Lipinski definition) is 1. The van der Waals surface area contributed by atoms with Gasteiger partial charge >= 0.3 is 0 Å². The van der Waals surface area contributed by atoms with Gasteiger partial charge in [0.2, 0.25) is 0 Å². The highest BCUT2D eigenvalue weighted by Gasteiger charge is 2.15. The maximum Gasteiger partial charge on any atom is 0.167 e. The van der Waals surface area contributed by atoms with Crippen LogP contribution in [0, 0.1) is 24.4 Å². The Hall–Kier alpha value is -3.53. The lowest BCUT2D eigenvalue weighted by molar-refractivity contribution is 0.297. The number of hydrogen-bond donors (Lipinski definition) is 0. The third-order valence-electron chi connectivity index (χ3n) is 5.54. The minimum Gasteiger partial charge on any atom is -0.489 e. The van der Waals surface area contributed by atoms with Crippen molar-refractivity contribution in [3.05, 3.63) is 113 Å². The second-order valence-electron chi connectivity index (χ2n) is 7.74. The fraction of sp³-hybridized carbons (Fsp3) is 0.143. The molecule has 4 rings (SSSR count). The number of halogens is 3. The summed E-state index contributed by atoms with van der Waals surface area (Å²) >= 11 is 0. The molecule has 162 valence electrons. The lowest BCUT2D eigenvalue weighted by Crippen LogP contribution is -2.02. The van der Waals surface area contributed by atoms with E-state index in [1.165, 1.54) is 6.07 Å². The molecule has 0 aliphatic heterocycles. The van der Waals surface area contributed by atoms with E-state index in [9.17, 15) is 13.2 Å². The zero-order chi connectivity index (χ0) is 22.7. The van der Waals surface area contributed by atoms with Crippen molar-refractivity contribution in [3.8, 4) is 28.0 Å². The Balaban J connectivity index is 1.47. The molecule has 0 bridgehead atoms. The van der Waals surface area contributed by atoms with Crippen LogP contribution in [0.15, 0.2) is 78.9 Å². The van der Waals surface area contributed by atoms with E-state index in [1.807, 2.05) is 44.2 Å². The summed E-state index contributed by atoms with van der Waals surface area (Å²) in [6, 6.07) is 22.6. The topological polar surface area (TPSA) is 9.23 Å². The Morgan fingerprint density at radius 3 is 1.94 bits per heavy atom. The Morgan fingerprint density at radius 1 is 0.656 bits per heavy atom. The van der Waals surface area contributed by atoms with Gasteiger partial charge in [0.15, 0.2) is 11.6 Å². The van der Waals surface area contributed by atoms with E-state index in [1.54, 1.807) is 42.5 Å². The van der Waals surface area contributed by atoms with E-state index in [0.29, 0.717) is 23.3 Å². The van der Waals surface area contributed by atoms with Crippen LogP contribution in [-0.2, 0) is 13.0 Å². The average molecular weight is 432 g/mol. The number of rotatable bonds is 6.